The van der Waals surface area contributed by atoms with Gasteiger partial charge in [0.15, 0.2) is 17.7 Å². The molecule has 5 rings (SSSR count). The van der Waals surface area contributed by atoms with Crippen LogP contribution in [-0.4, -0.2) is 5.91 Å². The standard InChI is InChI=1S/C30H25ClF2N2O2/c1-18-9-11-22-19-5-4-6-20(16-19)23(7-2-3-8-28(36)34-26(22)15-18)27-14-10-21(17-35(27)37)29-25(32)13-12-24(31)30(29)33/h4-6,9-17,23H,2-3,7-8H2,1H3,(H,34,36). The molecule has 1 amide bonds. The van der Waals surface area contributed by atoms with E-state index < -0.39 is 11.6 Å². The lowest BCUT2D eigenvalue weighted by Crippen LogP contribution is -2.33. The highest BCUT2D eigenvalue weighted by Crippen LogP contribution is 2.36. The van der Waals surface area contributed by atoms with E-state index >= 15 is 0 Å². The van der Waals surface area contributed by atoms with E-state index in [0.717, 1.165) is 46.5 Å². The third kappa shape index (κ3) is 5.07. The number of aryl methyl sites for hydroxylation is 1. The third-order valence-electron chi connectivity index (χ3n) is 6.83. The minimum atomic E-state index is -0.902. The van der Waals surface area contributed by atoms with Gasteiger partial charge in [-0.2, -0.15) is 4.73 Å². The number of pyridine rings is 1. The van der Waals surface area contributed by atoms with Gasteiger partial charge in [0, 0.05) is 23.7 Å². The predicted octanol–water partition coefficient (Wildman–Crippen LogP) is 7.54. The lowest BCUT2D eigenvalue weighted by molar-refractivity contribution is -0.614. The molecule has 1 aromatic heterocycles. The summed E-state index contributed by atoms with van der Waals surface area (Å²) in [4.78, 5) is 12.6. The second-order valence-electron chi connectivity index (χ2n) is 9.41. The summed E-state index contributed by atoms with van der Waals surface area (Å²) >= 11 is 5.85. The largest absolute Gasteiger partial charge is 0.618 e. The van der Waals surface area contributed by atoms with Crippen LogP contribution < -0.4 is 10.0 Å². The smallest absolute Gasteiger partial charge is 0.224 e. The van der Waals surface area contributed by atoms with Crippen LogP contribution in [-0.2, 0) is 4.79 Å². The number of nitrogens with one attached hydrogen (secondary N) is 1. The summed E-state index contributed by atoms with van der Waals surface area (Å²) in [5, 5.41) is 16.1. The maximum Gasteiger partial charge on any atom is 0.224 e. The number of benzene rings is 3. The molecule has 0 spiro atoms. The molecule has 37 heavy (non-hydrogen) atoms. The first-order valence-electron chi connectivity index (χ1n) is 12.2. The van der Waals surface area contributed by atoms with Gasteiger partial charge < -0.3 is 10.5 Å². The quantitative estimate of drug-likeness (QED) is 0.169. The number of hydrogen-bond acceptors (Lipinski definition) is 2. The van der Waals surface area contributed by atoms with Gasteiger partial charge >= 0.3 is 0 Å². The van der Waals surface area contributed by atoms with Crippen molar-refractivity contribution in [3.05, 3.63) is 112 Å². The Morgan fingerprint density at radius 2 is 1.84 bits per heavy atom. The van der Waals surface area contributed by atoms with Gasteiger partial charge in [0.05, 0.1) is 22.1 Å². The van der Waals surface area contributed by atoms with Crippen molar-refractivity contribution >= 4 is 23.2 Å². The number of carbonyl (C=O) groups is 1. The molecule has 188 valence electrons. The van der Waals surface area contributed by atoms with E-state index in [1.165, 1.54) is 6.20 Å². The molecular formula is C30H25ClF2N2O2. The Balaban J connectivity index is 1.60. The molecule has 2 bridgehead atoms. The van der Waals surface area contributed by atoms with Crippen molar-refractivity contribution in [3.63, 3.8) is 0 Å². The summed E-state index contributed by atoms with van der Waals surface area (Å²) in [5.41, 5.74) is 4.82. The maximum atomic E-state index is 14.6. The van der Waals surface area contributed by atoms with Gasteiger partial charge in [-0.1, -0.05) is 54.4 Å². The van der Waals surface area contributed by atoms with Gasteiger partial charge in [-0.15, -0.1) is 0 Å². The molecule has 0 saturated heterocycles. The third-order valence-corrected chi connectivity index (χ3v) is 7.12. The summed E-state index contributed by atoms with van der Waals surface area (Å²) in [5.74, 6) is -2.01. The van der Waals surface area contributed by atoms with Crippen molar-refractivity contribution in [2.45, 2.75) is 38.5 Å². The van der Waals surface area contributed by atoms with Crippen molar-refractivity contribution in [1.29, 1.82) is 0 Å². The van der Waals surface area contributed by atoms with E-state index in [1.807, 2.05) is 49.4 Å². The zero-order chi connectivity index (χ0) is 26.1. The average molecular weight is 519 g/mol. The van der Waals surface area contributed by atoms with Crippen molar-refractivity contribution in [3.8, 4) is 22.3 Å². The lowest BCUT2D eigenvalue weighted by atomic mass is 9.87. The molecule has 7 heteroatoms. The molecule has 1 aliphatic rings. The molecule has 4 aromatic rings. The van der Waals surface area contributed by atoms with Crippen molar-refractivity contribution in [2.75, 3.05) is 5.32 Å². The van der Waals surface area contributed by atoms with Gasteiger partial charge in [0.25, 0.3) is 0 Å². The maximum absolute atomic E-state index is 14.6. The van der Waals surface area contributed by atoms with Crippen molar-refractivity contribution in [2.24, 2.45) is 0 Å². The van der Waals surface area contributed by atoms with Crippen LogP contribution in [0.5, 0.6) is 0 Å². The molecule has 2 heterocycles. The van der Waals surface area contributed by atoms with Crippen LogP contribution in [0.15, 0.2) is 72.9 Å². The minimum absolute atomic E-state index is 0.0473. The number of carbonyl (C=O) groups excluding carboxylic acids is 1. The fourth-order valence-electron chi connectivity index (χ4n) is 4.97. The van der Waals surface area contributed by atoms with Crippen LogP contribution in [0.3, 0.4) is 0 Å². The van der Waals surface area contributed by atoms with E-state index in [2.05, 4.69) is 5.32 Å². The molecule has 4 nitrogen and oxygen atoms in total. The monoisotopic (exact) mass is 518 g/mol. The van der Waals surface area contributed by atoms with Crippen LogP contribution in [0.1, 0.15) is 48.4 Å². The van der Waals surface area contributed by atoms with Gasteiger partial charge in [-0.05, 0) is 60.7 Å². The predicted molar refractivity (Wildman–Crippen MR) is 141 cm³/mol. The zero-order valence-corrected chi connectivity index (χ0v) is 21.0. The Labute approximate surface area is 219 Å². The minimum Gasteiger partial charge on any atom is -0.618 e. The fourth-order valence-corrected chi connectivity index (χ4v) is 5.13. The summed E-state index contributed by atoms with van der Waals surface area (Å²) in [7, 11) is 0. The van der Waals surface area contributed by atoms with Crippen LogP contribution in [0.25, 0.3) is 22.3 Å². The van der Waals surface area contributed by atoms with E-state index in [1.54, 1.807) is 12.1 Å². The Morgan fingerprint density at radius 1 is 1.00 bits per heavy atom. The molecule has 1 N–H and O–H groups in total. The SMILES string of the molecule is Cc1ccc2c(c1)NC(=O)CCCCC(c1ccc(-c3c(F)ccc(Cl)c3F)c[n+]1[O-])c1cccc-2c1. The number of anilines is 1. The van der Waals surface area contributed by atoms with E-state index in [9.17, 15) is 18.8 Å². The molecule has 1 unspecified atom stereocenters. The van der Waals surface area contributed by atoms with Crippen LogP contribution >= 0.6 is 11.6 Å². The van der Waals surface area contributed by atoms with Gasteiger partial charge in [0.1, 0.15) is 5.82 Å². The summed E-state index contributed by atoms with van der Waals surface area (Å²) in [6.45, 7) is 1.98. The van der Waals surface area contributed by atoms with E-state index in [0.29, 0.717) is 29.7 Å². The van der Waals surface area contributed by atoms with Gasteiger partial charge in [0.2, 0.25) is 5.91 Å². The first-order valence-corrected chi connectivity index (χ1v) is 12.6. The Kier molecular flexibility index (Phi) is 6.94. The highest BCUT2D eigenvalue weighted by molar-refractivity contribution is 6.31. The Bertz CT molecular complexity index is 1510. The Hall–Kier alpha value is -3.77. The normalized spacial score (nSPS) is 15.8. The average Bonchev–Trinajstić information content (AvgIpc) is 2.87. The van der Waals surface area contributed by atoms with Crippen LogP contribution in [0.4, 0.5) is 14.5 Å². The second kappa shape index (κ2) is 10.3. The molecule has 0 fully saturated rings. The number of fused-ring (bicyclic) bond motifs is 4. The summed E-state index contributed by atoms with van der Waals surface area (Å²) in [6, 6.07) is 19.3. The van der Waals surface area contributed by atoms with Crippen molar-refractivity contribution in [1.82, 2.24) is 0 Å². The van der Waals surface area contributed by atoms with Gasteiger partial charge in [-0.25, -0.2) is 8.78 Å². The lowest BCUT2D eigenvalue weighted by Gasteiger charge is -2.20. The van der Waals surface area contributed by atoms with Crippen LogP contribution in [0.2, 0.25) is 5.02 Å². The molecule has 1 aliphatic heterocycles. The number of halogens is 3. The molecular weight excluding hydrogens is 494 g/mol. The Morgan fingerprint density at radius 3 is 2.65 bits per heavy atom. The molecule has 3 aromatic carbocycles. The highest BCUT2D eigenvalue weighted by atomic mass is 35.5. The number of hydrogen-bond donors (Lipinski definition) is 1. The summed E-state index contributed by atoms with van der Waals surface area (Å²) in [6.07, 6.45) is 3.59. The number of aromatic nitrogens is 1. The number of rotatable bonds is 2. The highest BCUT2D eigenvalue weighted by Gasteiger charge is 2.25. The van der Waals surface area contributed by atoms with Crippen LogP contribution in [0, 0.1) is 23.8 Å². The summed E-state index contributed by atoms with van der Waals surface area (Å²) < 4.78 is 29.7. The fraction of sp³-hybridized carbons (Fsp3) is 0.200. The number of nitrogens with zero attached hydrogens (tertiary/aromatic N) is 1. The molecule has 1 atom stereocenters. The molecule has 0 saturated carbocycles. The zero-order valence-electron chi connectivity index (χ0n) is 20.2. The number of amides is 1. The van der Waals surface area contributed by atoms with Gasteiger partial charge in [-0.3, -0.25) is 4.79 Å². The second-order valence-corrected chi connectivity index (χ2v) is 9.81. The van der Waals surface area contributed by atoms with Crippen molar-refractivity contribution < 1.29 is 18.3 Å². The molecule has 0 radical (unpaired) electrons. The first-order chi connectivity index (χ1) is 17.8. The van der Waals surface area contributed by atoms with E-state index in [-0.39, 0.29) is 28.0 Å². The first kappa shape index (κ1) is 24.9. The molecule has 0 aliphatic carbocycles. The topological polar surface area (TPSA) is 56.0 Å². The van der Waals surface area contributed by atoms with E-state index in [4.69, 9.17) is 11.6 Å².